The van der Waals surface area contributed by atoms with E-state index in [1.807, 2.05) is 7.85 Å². The Morgan fingerprint density at radius 2 is 2.36 bits per heavy atom. The third-order valence-corrected chi connectivity index (χ3v) is 2.83. The van der Waals surface area contributed by atoms with Crippen LogP contribution in [0.15, 0.2) is 0 Å². The zero-order valence-corrected chi connectivity index (χ0v) is 9.16. The molecule has 0 amide bonds. The van der Waals surface area contributed by atoms with Gasteiger partial charge in [-0.15, -0.1) is 0 Å². The summed E-state index contributed by atoms with van der Waals surface area (Å²) in [6.45, 7) is 2.19. The fraction of sp³-hybridized carbons (Fsp3) is 0.900. The number of carbonyl (C=O) groups is 1. The highest BCUT2D eigenvalue weighted by molar-refractivity contribution is 6.08. The molecule has 0 radical (unpaired) electrons. The van der Waals surface area contributed by atoms with Crippen molar-refractivity contribution in [1.82, 2.24) is 0 Å². The second-order valence-electron chi connectivity index (χ2n) is 4.37. The molecule has 0 heterocycles. The molecule has 1 saturated carbocycles. The number of esters is 1. The Morgan fingerprint density at radius 3 is 2.86 bits per heavy atom. The molecule has 3 nitrogen and oxygen atoms in total. The van der Waals surface area contributed by atoms with Gasteiger partial charge in [-0.25, -0.2) is 0 Å². The normalized spacial score (nSPS) is 28.7. The number of nitrogens with two attached hydrogens (primary N) is 1. The van der Waals surface area contributed by atoms with Gasteiger partial charge < -0.3 is 10.5 Å². The van der Waals surface area contributed by atoms with Crippen molar-refractivity contribution < 1.29 is 9.53 Å². The maximum atomic E-state index is 11.4. The molecule has 2 N–H and O–H groups in total. The molecule has 0 aromatic carbocycles. The minimum Gasteiger partial charge on any atom is -0.461 e. The number of hydrogen-bond donors (Lipinski definition) is 1. The molecular weight excluding hydrogens is 177 g/mol. The van der Waals surface area contributed by atoms with Gasteiger partial charge in [0.25, 0.3) is 0 Å². The van der Waals surface area contributed by atoms with Gasteiger partial charge in [0.2, 0.25) is 0 Å². The molecule has 4 heteroatoms. The van der Waals surface area contributed by atoms with Crippen LogP contribution in [-0.4, -0.2) is 26.0 Å². The van der Waals surface area contributed by atoms with Crippen molar-refractivity contribution in [1.29, 1.82) is 0 Å². The van der Waals surface area contributed by atoms with Gasteiger partial charge in [-0.05, 0) is 31.6 Å². The topological polar surface area (TPSA) is 52.3 Å². The van der Waals surface area contributed by atoms with Crippen molar-refractivity contribution in [2.24, 2.45) is 11.7 Å². The third-order valence-electron chi connectivity index (χ3n) is 2.83. The lowest BCUT2D eigenvalue weighted by Gasteiger charge is -2.15. The van der Waals surface area contributed by atoms with Crippen molar-refractivity contribution in [3.8, 4) is 0 Å². The summed E-state index contributed by atoms with van der Waals surface area (Å²) < 4.78 is 5.33. The van der Waals surface area contributed by atoms with Crippen LogP contribution in [0.5, 0.6) is 0 Å². The zero-order chi connectivity index (χ0) is 10.6. The van der Waals surface area contributed by atoms with Crippen LogP contribution in [0.25, 0.3) is 0 Å². The van der Waals surface area contributed by atoms with E-state index in [0.29, 0.717) is 5.92 Å². The van der Waals surface area contributed by atoms with Gasteiger partial charge in [0.05, 0.1) is 0 Å². The Morgan fingerprint density at radius 1 is 1.64 bits per heavy atom. The second-order valence-corrected chi connectivity index (χ2v) is 4.37. The number of hydrogen-bond acceptors (Lipinski definition) is 3. The van der Waals surface area contributed by atoms with Gasteiger partial charge in [-0.2, -0.15) is 0 Å². The van der Waals surface area contributed by atoms with Crippen LogP contribution in [0, 0.1) is 5.92 Å². The summed E-state index contributed by atoms with van der Waals surface area (Å²) in [4.78, 5) is 11.4. The van der Waals surface area contributed by atoms with Gasteiger partial charge in [-0.1, -0.05) is 13.2 Å². The Hall–Kier alpha value is -0.505. The Bertz CT molecular complexity index is 199. The Labute approximate surface area is 86.8 Å². The minimum absolute atomic E-state index is 0.125. The summed E-state index contributed by atoms with van der Waals surface area (Å²) in [6, 6.07) is -0.420. The second kappa shape index (κ2) is 5.39. The van der Waals surface area contributed by atoms with Crippen LogP contribution >= 0.6 is 0 Å². The fourth-order valence-electron chi connectivity index (χ4n) is 1.94. The molecule has 2 unspecified atom stereocenters. The van der Waals surface area contributed by atoms with E-state index in [-0.39, 0.29) is 12.1 Å². The average Bonchev–Trinajstić information content (AvgIpc) is 2.51. The number of rotatable bonds is 4. The number of ether oxygens (including phenoxy) is 1. The van der Waals surface area contributed by atoms with Crippen molar-refractivity contribution >= 4 is 13.8 Å². The maximum absolute atomic E-state index is 11.4. The molecule has 0 spiro atoms. The van der Waals surface area contributed by atoms with E-state index in [0.717, 1.165) is 25.6 Å². The maximum Gasteiger partial charge on any atom is 0.323 e. The average molecular weight is 197 g/mol. The minimum atomic E-state index is -0.420. The molecule has 0 saturated heterocycles. The monoisotopic (exact) mass is 197 g/mol. The highest BCUT2D eigenvalue weighted by atomic mass is 16.5. The van der Waals surface area contributed by atoms with Crippen molar-refractivity contribution in [3.63, 3.8) is 0 Å². The summed E-state index contributed by atoms with van der Waals surface area (Å²) in [5.41, 5.74) is 5.67. The highest BCUT2D eigenvalue weighted by Crippen LogP contribution is 2.27. The molecule has 0 aliphatic heterocycles. The lowest BCUT2D eigenvalue weighted by Crippen LogP contribution is -2.34. The highest BCUT2D eigenvalue weighted by Gasteiger charge is 2.26. The van der Waals surface area contributed by atoms with Crippen LogP contribution in [0.4, 0.5) is 0 Å². The van der Waals surface area contributed by atoms with Crippen LogP contribution in [0.3, 0.4) is 0 Å². The van der Waals surface area contributed by atoms with Crippen LogP contribution in [0.2, 0.25) is 6.32 Å². The lowest BCUT2D eigenvalue weighted by atomic mass is 9.98. The first-order valence-electron chi connectivity index (χ1n) is 5.59. The molecule has 0 bridgehead atoms. The SMILES string of the molecule is BCC[C@H](N)C(=O)OC1CCC(C)C1. The lowest BCUT2D eigenvalue weighted by molar-refractivity contribution is -0.150. The zero-order valence-electron chi connectivity index (χ0n) is 9.16. The van der Waals surface area contributed by atoms with Gasteiger partial charge >= 0.3 is 5.97 Å². The van der Waals surface area contributed by atoms with Gasteiger partial charge in [-0.3, -0.25) is 4.79 Å². The molecule has 0 aromatic heterocycles. The molecule has 1 aliphatic carbocycles. The first-order chi connectivity index (χ1) is 6.63. The molecule has 0 aromatic rings. The molecule has 3 atom stereocenters. The van der Waals surface area contributed by atoms with E-state index >= 15 is 0 Å². The quantitative estimate of drug-likeness (QED) is 0.527. The molecule has 1 rings (SSSR count). The summed E-state index contributed by atoms with van der Waals surface area (Å²) in [5.74, 6) is 0.473. The number of carbonyl (C=O) groups excluding carboxylic acids is 1. The first kappa shape index (κ1) is 11.6. The smallest absolute Gasteiger partial charge is 0.323 e. The van der Waals surface area contributed by atoms with Crippen molar-refractivity contribution in [2.45, 2.75) is 51.1 Å². The third kappa shape index (κ3) is 3.33. The van der Waals surface area contributed by atoms with Crippen molar-refractivity contribution in [2.75, 3.05) is 0 Å². The van der Waals surface area contributed by atoms with E-state index in [2.05, 4.69) is 6.92 Å². The van der Waals surface area contributed by atoms with E-state index in [1.54, 1.807) is 0 Å². The van der Waals surface area contributed by atoms with E-state index in [1.165, 1.54) is 6.42 Å². The predicted molar refractivity (Wildman–Crippen MR) is 58.8 cm³/mol. The molecular formula is C10H20BNO2. The van der Waals surface area contributed by atoms with E-state index in [4.69, 9.17) is 10.5 Å². The Kier molecular flexibility index (Phi) is 4.46. The fourth-order valence-corrected chi connectivity index (χ4v) is 1.94. The molecule has 1 aliphatic rings. The van der Waals surface area contributed by atoms with E-state index < -0.39 is 6.04 Å². The van der Waals surface area contributed by atoms with Crippen molar-refractivity contribution in [3.05, 3.63) is 0 Å². The Balaban J connectivity index is 2.26. The van der Waals surface area contributed by atoms with E-state index in [9.17, 15) is 4.79 Å². The molecule has 1 fully saturated rings. The van der Waals surface area contributed by atoms with Crippen LogP contribution < -0.4 is 5.73 Å². The van der Waals surface area contributed by atoms with Gasteiger partial charge in [0.15, 0.2) is 0 Å². The predicted octanol–water partition coefficient (Wildman–Crippen LogP) is 0.487. The summed E-state index contributed by atoms with van der Waals surface area (Å²) >= 11 is 0. The van der Waals surface area contributed by atoms with Crippen LogP contribution in [0.1, 0.15) is 32.6 Å². The summed E-state index contributed by atoms with van der Waals surface area (Å²) in [7, 11) is 2.02. The standard InChI is InChI=1S/C10H20BNO2/c1-7-2-3-8(6-7)14-10(13)9(12)4-5-11/h7-9H,2-6,11-12H2,1H3/t7?,8?,9-/m0/s1. The largest absolute Gasteiger partial charge is 0.461 e. The van der Waals surface area contributed by atoms with Crippen LogP contribution in [-0.2, 0) is 9.53 Å². The molecule has 14 heavy (non-hydrogen) atoms. The van der Waals surface area contributed by atoms with Gasteiger partial charge in [0, 0.05) is 0 Å². The summed E-state index contributed by atoms with van der Waals surface area (Å²) in [6.07, 6.45) is 4.95. The summed E-state index contributed by atoms with van der Waals surface area (Å²) in [5, 5.41) is 0. The first-order valence-corrected chi connectivity index (χ1v) is 5.59. The van der Waals surface area contributed by atoms with Gasteiger partial charge in [0.1, 0.15) is 20.0 Å². The molecule has 80 valence electrons.